The molecule has 8 heteroatoms. The Labute approximate surface area is 97.0 Å². The molecule has 0 aliphatic carbocycles. The molecule has 0 aliphatic heterocycles. The average Bonchev–Trinajstić information content (AvgIpc) is 2.82. The molecular weight excluding hydrogens is 222 g/mol. The van der Waals surface area contributed by atoms with E-state index < -0.39 is 5.91 Å². The molecule has 0 bridgehead atoms. The predicted octanol–water partition coefficient (Wildman–Crippen LogP) is -0.0870. The van der Waals surface area contributed by atoms with Gasteiger partial charge in [-0.05, 0) is 11.3 Å². The average molecular weight is 233 g/mol. The SMILES string of the molecule is CN(C)c1ccnc(NC(=O)c2nn[nH]n2)c1. The number of anilines is 2. The van der Waals surface area contributed by atoms with Crippen molar-refractivity contribution in [2.75, 3.05) is 24.3 Å². The summed E-state index contributed by atoms with van der Waals surface area (Å²) in [4.78, 5) is 17.5. The highest BCUT2D eigenvalue weighted by Gasteiger charge is 2.11. The topological polar surface area (TPSA) is 99.7 Å². The normalized spacial score (nSPS) is 10.0. The molecular formula is C9H11N7O. The third-order valence-electron chi connectivity index (χ3n) is 2.05. The molecule has 0 atom stereocenters. The Balaban J connectivity index is 2.14. The number of hydrogen-bond acceptors (Lipinski definition) is 6. The largest absolute Gasteiger partial charge is 0.378 e. The summed E-state index contributed by atoms with van der Waals surface area (Å²) in [6.45, 7) is 0. The van der Waals surface area contributed by atoms with Crippen molar-refractivity contribution < 1.29 is 4.79 Å². The van der Waals surface area contributed by atoms with Crippen LogP contribution < -0.4 is 10.2 Å². The minimum Gasteiger partial charge on any atom is -0.378 e. The monoisotopic (exact) mass is 233 g/mol. The van der Waals surface area contributed by atoms with E-state index in [4.69, 9.17) is 0 Å². The first-order valence-corrected chi connectivity index (χ1v) is 4.85. The van der Waals surface area contributed by atoms with E-state index in [0.717, 1.165) is 5.69 Å². The Kier molecular flexibility index (Phi) is 2.95. The van der Waals surface area contributed by atoms with Crippen LogP contribution in [0.25, 0.3) is 0 Å². The van der Waals surface area contributed by atoms with E-state index in [1.54, 1.807) is 12.3 Å². The Bertz CT molecular complexity index is 508. The molecule has 88 valence electrons. The Hall–Kier alpha value is -2.51. The first kappa shape index (κ1) is 11.0. The number of H-pyrrole nitrogens is 1. The summed E-state index contributed by atoms with van der Waals surface area (Å²) < 4.78 is 0. The van der Waals surface area contributed by atoms with E-state index >= 15 is 0 Å². The summed E-state index contributed by atoms with van der Waals surface area (Å²) >= 11 is 0. The molecule has 2 aromatic rings. The highest BCUT2D eigenvalue weighted by Crippen LogP contribution is 2.14. The van der Waals surface area contributed by atoms with Crippen molar-refractivity contribution in [2.45, 2.75) is 0 Å². The number of nitrogens with one attached hydrogen (secondary N) is 2. The molecule has 0 saturated carbocycles. The lowest BCUT2D eigenvalue weighted by Crippen LogP contribution is -2.16. The van der Waals surface area contributed by atoms with Crippen LogP contribution in [0.4, 0.5) is 11.5 Å². The van der Waals surface area contributed by atoms with Gasteiger partial charge in [0.05, 0.1) is 0 Å². The van der Waals surface area contributed by atoms with Crippen LogP contribution >= 0.6 is 0 Å². The number of carbonyl (C=O) groups excluding carboxylic acids is 1. The maximum Gasteiger partial charge on any atom is 0.298 e. The van der Waals surface area contributed by atoms with E-state index in [-0.39, 0.29) is 5.82 Å². The molecule has 0 aliphatic rings. The van der Waals surface area contributed by atoms with Gasteiger partial charge < -0.3 is 10.2 Å². The maximum absolute atomic E-state index is 11.6. The number of pyridine rings is 1. The van der Waals surface area contributed by atoms with Crippen molar-refractivity contribution in [3.63, 3.8) is 0 Å². The Morgan fingerprint density at radius 3 is 2.94 bits per heavy atom. The first-order chi connectivity index (χ1) is 8.16. The fourth-order valence-electron chi connectivity index (χ4n) is 1.20. The van der Waals surface area contributed by atoms with Crippen molar-refractivity contribution in [3.05, 3.63) is 24.2 Å². The van der Waals surface area contributed by atoms with Gasteiger partial charge in [-0.2, -0.15) is 5.21 Å². The Morgan fingerprint density at radius 1 is 1.47 bits per heavy atom. The number of tetrazole rings is 1. The fraction of sp³-hybridized carbons (Fsp3) is 0.222. The molecule has 0 radical (unpaired) electrons. The van der Waals surface area contributed by atoms with Gasteiger partial charge >= 0.3 is 0 Å². The third-order valence-corrected chi connectivity index (χ3v) is 2.05. The van der Waals surface area contributed by atoms with Crippen molar-refractivity contribution in [3.8, 4) is 0 Å². The second kappa shape index (κ2) is 4.56. The van der Waals surface area contributed by atoms with E-state index in [1.165, 1.54) is 0 Å². The third kappa shape index (κ3) is 2.54. The molecule has 0 aromatic carbocycles. The zero-order valence-electron chi connectivity index (χ0n) is 9.38. The number of rotatable bonds is 3. The molecule has 0 saturated heterocycles. The molecule has 8 nitrogen and oxygen atoms in total. The van der Waals surface area contributed by atoms with Crippen LogP contribution in [0.3, 0.4) is 0 Å². The van der Waals surface area contributed by atoms with Crippen molar-refractivity contribution in [2.24, 2.45) is 0 Å². The second-order valence-corrected chi connectivity index (χ2v) is 3.48. The van der Waals surface area contributed by atoms with E-state index in [9.17, 15) is 4.79 Å². The van der Waals surface area contributed by atoms with Gasteiger partial charge in [0.25, 0.3) is 11.7 Å². The molecule has 2 aromatic heterocycles. The lowest BCUT2D eigenvalue weighted by Gasteiger charge is -2.12. The fourth-order valence-corrected chi connectivity index (χ4v) is 1.20. The number of amides is 1. The number of aromatic amines is 1. The van der Waals surface area contributed by atoms with Crippen molar-refractivity contribution in [1.29, 1.82) is 0 Å². The van der Waals surface area contributed by atoms with Gasteiger partial charge in [0.1, 0.15) is 5.82 Å². The van der Waals surface area contributed by atoms with Gasteiger partial charge in [0, 0.05) is 32.0 Å². The summed E-state index contributed by atoms with van der Waals surface area (Å²) in [5, 5.41) is 15.2. The van der Waals surface area contributed by atoms with Gasteiger partial charge in [-0.25, -0.2) is 4.98 Å². The standard InChI is InChI=1S/C9H11N7O/c1-16(2)6-3-4-10-7(5-6)11-9(17)8-12-14-15-13-8/h3-5H,1-2H3,(H,10,11,17)(H,12,13,14,15). The lowest BCUT2D eigenvalue weighted by atomic mass is 10.3. The second-order valence-electron chi connectivity index (χ2n) is 3.48. The number of nitrogens with zero attached hydrogens (tertiary/aromatic N) is 5. The molecule has 1 amide bonds. The van der Waals surface area contributed by atoms with Gasteiger partial charge in [0.2, 0.25) is 0 Å². The Morgan fingerprint density at radius 2 is 2.29 bits per heavy atom. The zero-order chi connectivity index (χ0) is 12.3. The summed E-state index contributed by atoms with van der Waals surface area (Å²) in [7, 11) is 3.81. The van der Waals surface area contributed by atoms with Crippen LogP contribution in [0.15, 0.2) is 18.3 Å². The molecule has 2 heterocycles. The van der Waals surface area contributed by atoms with E-state index in [2.05, 4.69) is 30.9 Å². The lowest BCUT2D eigenvalue weighted by molar-refractivity contribution is 0.101. The maximum atomic E-state index is 11.6. The molecule has 0 fully saturated rings. The van der Waals surface area contributed by atoms with Gasteiger partial charge in [0.15, 0.2) is 0 Å². The molecule has 17 heavy (non-hydrogen) atoms. The van der Waals surface area contributed by atoms with Gasteiger partial charge in [-0.15, -0.1) is 10.2 Å². The van der Waals surface area contributed by atoms with Crippen LogP contribution in [0.5, 0.6) is 0 Å². The van der Waals surface area contributed by atoms with Crippen LogP contribution in [-0.4, -0.2) is 45.6 Å². The molecule has 0 spiro atoms. The predicted molar refractivity (Wildman–Crippen MR) is 60.7 cm³/mol. The minimum atomic E-state index is -0.456. The number of aromatic nitrogens is 5. The van der Waals surface area contributed by atoms with E-state index in [1.807, 2.05) is 25.1 Å². The van der Waals surface area contributed by atoms with Crippen LogP contribution in [0.1, 0.15) is 10.6 Å². The highest BCUT2D eigenvalue weighted by molar-refractivity contribution is 6.00. The van der Waals surface area contributed by atoms with Crippen LogP contribution in [0.2, 0.25) is 0 Å². The van der Waals surface area contributed by atoms with Crippen LogP contribution in [-0.2, 0) is 0 Å². The van der Waals surface area contributed by atoms with Gasteiger partial charge in [-0.1, -0.05) is 0 Å². The molecule has 2 N–H and O–H groups in total. The summed E-state index contributed by atoms with van der Waals surface area (Å²) in [6, 6.07) is 3.59. The minimum absolute atomic E-state index is 0.0259. The van der Waals surface area contributed by atoms with Gasteiger partial charge in [-0.3, -0.25) is 4.79 Å². The first-order valence-electron chi connectivity index (χ1n) is 4.85. The van der Waals surface area contributed by atoms with E-state index in [0.29, 0.717) is 5.82 Å². The summed E-state index contributed by atoms with van der Waals surface area (Å²) in [5.74, 6) is -0.0461. The van der Waals surface area contributed by atoms with Crippen molar-refractivity contribution in [1.82, 2.24) is 25.6 Å². The summed E-state index contributed by atoms with van der Waals surface area (Å²) in [5.41, 5.74) is 0.934. The van der Waals surface area contributed by atoms with Crippen molar-refractivity contribution >= 4 is 17.4 Å². The molecule has 2 rings (SSSR count). The highest BCUT2D eigenvalue weighted by atomic mass is 16.2. The zero-order valence-corrected chi connectivity index (χ0v) is 9.38. The number of hydrogen-bond donors (Lipinski definition) is 2. The number of carbonyl (C=O) groups is 1. The quantitative estimate of drug-likeness (QED) is 0.768. The smallest absolute Gasteiger partial charge is 0.298 e. The summed E-state index contributed by atoms with van der Waals surface area (Å²) in [6.07, 6.45) is 1.61. The van der Waals surface area contributed by atoms with Crippen LogP contribution in [0, 0.1) is 0 Å². The molecule has 0 unspecified atom stereocenters.